The minimum atomic E-state index is -4.50. The van der Waals surface area contributed by atoms with Crippen molar-refractivity contribution in [1.82, 2.24) is 10.2 Å². The predicted octanol–water partition coefficient (Wildman–Crippen LogP) is 4.84. The first kappa shape index (κ1) is 34.8. The summed E-state index contributed by atoms with van der Waals surface area (Å²) in [5.74, 6) is 0.0967. The number of unbranched alkanes of at least 4 members (excludes halogenated alkanes) is 1. The van der Waals surface area contributed by atoms with Gasteiger partial charge in [-0.15, -0.1) is 0 Å². The molecule has 0 unspecified atom stereocenters. The summed E-state index contributed by atoms with van der Waals surface area (Å²) in [5.41, 5.74) is 0.763. The van der Waals surface area contributed by atoms with Crippen molar-refractivity contribution < 1.29 is 32.4 Å². The Balaban J connectivity index is 2.09. The van der Waals surface area contributed by atoms with Gasteiger partial charge >= 0.3 is 0 Å². The molecule has 13 heteroatoms. The molecular weight excluding hydrogens is 600 g/mol. The van der Waals surface area contributed by atoms with Crippen LogP contribution in [0.2, 0.25) is 0 Å². The van der Waals surface area contributed by atoms with E-state index in [2.05, 4.69) is 5.32 Å². The van der Waals surface area contributed by atoms with Crippen LogP contribution in [0.5, 0.6) is 11.5 Å². The quantitative estimate of drug-likeness (QED) is 0.133. The molecule has 242 valence electrons. The molecule has 0 aromatic heterocycles. The molecule has 0 saturated heterocycles. The Kier molecular flexibility index (Phi) is 12.3. The number of ether oxygens (including phenoxy) is 2. The van der Waals surface area contributed by atoms with E-state index in [1.54, 1.807) is 43.3 Å². The van der Waals surface area contributed by atoms with Crippen LogP contribution in [-0.2, 0) is 26.2 Å². The lowest BCUT2D eigenvalue weighted by Crippen LogP contribution is -2.52. The van der Waals surface area contributed by atoms with E-state index in [4.69, 9.17) is 9.47 Å². The summed E-state index contributed by atoms with van der Waals surface area (Å²) in [5, 5.41) is 14.5. The molecule has 3 aromatic rings. The van der Waals surface area contributed by atoms with Crippen LogP contribution < -0.4 is 19.1 Å². The average molecular weight is 641 g/mol. The van der Waals surface area contributed by atoms with Crippen molar-refractivity contribution in [2.45, 2.75) is 57.5 Å². The third-order valence-electron chi connectivity index (χ3n) is 7.33. The molecule has 0 radical (unpaired) electrons. The second-order valence-corrected chi connectivity index (χ2v) is 12.2. The third kappa shape index (κ3) is 8.72. The Morgan fingerprint density at radius 3 is 2.09 bits per heavy atom. The number of sulfonamides is 1. The number of benzene rings is 3. The maximum atomic E-state index is 14.2. The van der Waals surface area contributed by atoms with Crippen molar-refractivity contribution in [1.29, 1.82) is 0 Å². The SMILES string of the molecule is CCCCNC(=O)[C@H](CC)N(Cc1ccc(OC)cc1)C(=O)CN(c1ccc(OC)cc1)S(=O)(=O)c1ccc(C)c([N+](=O)[O-])c1. The molecule has 0 spiro atoms. The van der Waals surface area contributed by atoms with E-state index in [1.165, 1.54) is 50.3 Å². The summed E-state index contributed by atoms with van der Waals surface area (Å²) in [6.45, 7) is 5.07. The molecule has 2 amide bonds. The fourth-order valence-corrected chi connectivity index (χ4v) is 6.14. The van der Waals surface area contributed by atoms with Crippen LogP contribution in [0, 0.1) is 17.0 Å². The lowest BCUT2D eigenvalue weighted by Gasteiger charge is -2.33. The Morgan fingerprint density at radius 1 is 0.956 bits per heavy atom. The van der Waals surface area contributed by atoms with Crippen LogP contribution in [0.4, 0.5) is 11.4 Å². The minimum Gasteiger partial charge on any atom is -0.497 e. The van der Waals surface area contributed by atoms with Gasteiger partial charge in [0.05, 0.1) is 29.7 Å². The highest BCUT2D eigenvalue weighted by atomic mass is 32.2. The number of carbonyl (C=O) groups is 2. The molecule has 0 aliphatic rings. The number of hydrogen-bond acceptors (Lipinski definition) is 8. The Bertz CT molecular complexity index is 1580. The van der Waals surface area contributed by atoms with Crippen LogP contribution in [0.3, 0.4) is 0 Å². The van der Waals surface area contributed by atoms with E-state index < -0.39 is 33.4 Å². The van der Waals surface area contributed by atoms with Crippen molar-refractivity contribution >= 4 is 33.2 Å². The van der Waals surface area contributed by atoms with Crippen LogP contribution in [-0.4, -0.2) is 63.4 Å². The van der Waals surface area contributed by atoms with Crippen molar-refractivity contribution in [3.63, 3.8) is 0 Å². The van der Waals surface area contributed by atoms with Crippen molar-refractivity contribution in [2.75, 3.05) is 31.6 Å². The fourth-order valence-electron chi connectivity index (χ4n) is 4.70. The van der Waals surface area contributed by atoms with Gasteiger partial charge in [-0.3, -0.25) is 24.0 Å². The van der Waals surface area contributed by atoms with Crippen LogP contribution in [0.15, 0.2) is 71.6 Å². The lowest BCUT2D eigenvalue weighted by molar-refractivity contribution is -0.385. The molecule has 1 atom stereocenters. The standard InChI is InChI=1S/C32H40N4O8S/c1-6-8-19-33-32(38)29(7-2)34(21-24-10-14-26(43-4)15-11-24)31(37)22-35(25-12-16-27(44-5)17-13-25)45(41,42)28-18-9-23(3)30(20-28)36(39)40/h9-18,20,29H,6-8,19,21-22H2,1-5H3,(H,33,38)/t29-/m0/s1. The molecule has 1 N–H and O–H groups in total. The van der Waals surface area contributed by atoms with Gasteiger partial charge in [-0.25, -0.2) is 8.42 Å². The van der Waals surface area contributed by atoms with E-state index in [0.29, 0.717) is 23.6 Å². The summed E-state index contributed by atoms with van der Waals surface area (Å²) in [6.07, 6.45) is 1.91. The average Bonchev–Trinajstić information content (AvgIpc) is 3.03. The monoisotopic (exact) mass is 640 g/mol. The summed E-state index contributed by atoms with van der Waals surface area (Å²) in [6, 6.07) is 15.8. The van der Waals surface area contributed by atoms with Gasteiger partial charge in [0.1, 0.15) is 24.1 Å². The smallest absolute Gasteiger partial charge is 0.273 e. The van der Waals surface area contributed by atoms with Gasteiger partial charge in [-0.2, -0.15) is 0 Å². The van der Waals surface area contributed by atoms with Crippen LogP contribution in [0.1, 0.15) is 44.2 Å². The molecule has 0 aliphatic carbocycles. The largest absolute Gasteiger partial charge is 0.497 e. The van der Waals surface area contributed by atoms with E-state index in [1.807, 2.05) is 6.92 Å². The Hall–Kier alpha value is -4.65. The van der Waals surface area contributed by atoms with Crippen molar-refractivity contribution in [3.05, 3.63) is 88.0 Å². The number of hydrogen-bond donors (Lipinski definition) is 1. The Labute approximate surface area is 264 Å². The maximum absolute atomic E-state index is 14.2. The fraction of sp³-hybridized carbons (Fsp3) is 0.375. The summed E-state index contributed by atoms with van der Waals surface area (Å²) in [7, 11) is -1.50. The molecule has 45 heavy (non-hydrogen) atoms. The number of nitro benzene ring substituents is 1. The molecule has 3 aromatic carbocycles. The molecule has 0 saturated carbocycles. The highest BCUT2D eigenvalue weighted by Gasteiger charge is 2.34. The minimum absolute atomic E-state index is 0.0229. The number of nitro groups is 1. The molecule has 3 rings (SSSR count). The zero-order valence-corrected chi connectivity index (χ0v) is 27.0. The van der Waals surface area contributed by atoms with E-state index >= 15 is 0 Å². The second-order valence-electron chi connectivity index (χ2n) is 10.4. The maximum Gasteiger partial charge on any atom is 0.273 e. The zero-order valence-electron chi connectivity index (χ0n) is 26.2. The van der Waals surface area contributed by atoms with Gasteiger partial charge in [0, 0.05) is 24.7 Å². The Morgan fingerprint density at radius 2 is 1.56 bits per heavy atom. The number of nitrogens with one attached hydrogen (secondary N) is 1. The molecule has 0 fully saturated rings. The lowest BCUT2D eigenvalue weighted by atomic mass is 10.1. The number of rotatable bonds is 16. The van der Waals surface area contributed by atoms with Crippen molar-refractivity contribution in [3.8, 4) is 11.5 Å². The molecule has 12 nitrogen and oxygen atoms in total. The van der Waals surface area contributed by atoms with Gasteiger partial charge in [0.15, 0.2) is 0 Å². The van der Waals surface area contributed by atoms with E-state index in [9.17, 15) is 28.1 Å². The molecule has 0 bridgehead atoms. The van der Waals surface area contributed by atoms with Gasteiger partial charge in [0.2, 0.25) is 11.8 Å². The summed E-state index contributed by atoms with van der Waals surface area (Å²) >= 11 is 0. The van der Waals surface area contributed by atoms with E-state index in [-0.39, 0.29) is 40.7 Å². The second kappa shape index (κ2) is 15.9. The number of anilines is 1. The summed E-state index contributed by atoms with van der Waals surface area (Å²) < 4.78 is 39.6. The number of nitrogens with zero attached hydrogens (tertiary/aromatic N) is 3. The summed E-state index contributed by atoms with van der Waals surface area (Å²) in [4.78, 5) is 39.5. The van der Waals surface area contributed by atoms with Crippen LogP contribution >= 0.6 is 0 Å². The highest BCUT2D eigenvalue weighted by molar-refractivity contribution is 7.92. The van der Waals surface area contributed by atoms with Gasteiger partial charge in [-0.1, -0.05) is 38.5 Å². The first-order valence-corrected chi connectivity index (χ1v) is 16.0. The van der Waals surface area contributed by atoms with Crippen LogP contribution in [0.25, 0.3) is 0 Å². The number of carbonyl (C=O) groups excluding carboxylic acids is 2. The van der Waals surface area contributed by atoms with Gasteiger partial charge in [0.25, 0.3) is 15.7 Å². The number of amides is 2. The first-order valence-electron chi connectivity index (χ1n) is 14.6. The normalized spacial score (nSPS) is 11.8. The predicted molar refractivity (Wildman–Crippen MR) is 171 cm³/mol. The number of methoxy groups -OCH3 is 2. The molecule has 0 heterocycles. The topological polar surface area (TPSA) is 148 Å². The first-order chi connectivity index (χ1) is 21.5. The van der Waals surface area contributed by atoms with Gasteiger partial charge < -0.3 is 19.7 Å². The van der Waals surface area contributed by atoms with E-state index in [0.717, 1.165) is 23.2 Å². The molecule has 0 aliphatic heterocycles. The molecular formula is C32H40N4O8S. The zero-order chi connectivity index (χ0) is 33.1. The van der Waals surface area contributed by atoms with Gasteiger partial charge in [-0.05, 0) is 67.8 Å². The highest BCUT2D eigenvalue weighted by Crippen LogP contribution is 2.29. The third-order valence-corrected chi connectivity index (χ3v) is 9.10. The number of aryl methyl sites for hydroxylation is 1. The van der Waals surface area contributed by atoms with Crippen molar-refractivity contribution in [2.24, 2.45) is 0 Å².